The fourth-order valence-corrected chi connectivity index (χ4v) is 2.53. The Bertz CT molecular complexity index is 500. The van der Waals surface area contributed by atoms with Crippen LogP contribution in [0.3, 0.4) is 0 Å². The standard InChI is InChI=1S/C11H15N5S2/c1-7(10-13-3-4-18-10)6-14-9-5-8(12)15-11(16-9)17-2/h3-5,7H,6H2,1-2H3,(H3,12,14,15,16). The Kier molecular flexibility index (Phi) is 4.38. The van der Waals surface area contributed by atoms with E-state index in [1.54, 1.807) is 17.4 Å². The number of thiazole rings is 1. The quantitative estimate of drug-likeness (QED) is 0.647. The van der Waals surface area contributed by atoms with E-state index >= 15 is 0 Å². The smallest absolute Gasteiger partial charge is 0.191 e. The lowest BCUT2D eigenvalue weighted by Gasteiger charge is -2.11. The fourth-order valence-electron chi connectivity index (χ4n) is 1.45. The van der Waals surface area contributed by atoms with Crippen LogP contribution in [0.25, 0.3) is 0 Å². The number of rotatable bonds is 5. The second-order valence-electron chi connectivity index (χ2n) is 3.82. The Morgan fingerprint density at radius 2 is 2.33 bits per heavy atom. The molecule has 2 aromatic rings. The minimum Gasteiger partial charge on any atom is -0.383 e. The molecule has 0 aliphatic heterocycles. The molecule has 0 fully saturated rings. The summed E-state index contributed by atoms with van der Waals surface area (Å²) >= 11 is 3.14. The summed E-state index contributed by atoms with van der Waals surface area (Å²) in [5.74, 6) is 1.59. The number of nitrogens with two attached hydrogens (primary N) is 1. The van der Waals surface area contributed by atoms with E-state index in [1.165, 1.54) is 11.8 Å². The van der Waals surface area contributed by atoms with Crippen molar-refractivity contribution < 1.29 is 0 Å². The first kappa shape index (κ1) is 13.1. The van der Waals surface area contributed by atoms with Crippen molar-refractivity contribution in [3.63, 3.8) is 0 Å². The van der Waals surface area contributed by atoms with Gasteiger partial charge in [-0.15, -0.1) is 11.3 Å². The maximum atomic E-state index is 5.72. The van der Waals surface area contributed by atoms with Crippen LogP contribution < -0.4 is 11.1 Å². The monoisotopic (exact) mass is 281 g/mol. The molecule has 0 saturated heterocycles. The summed E-state index contributed by atoms with van der Waals surface area (Å²) < 4.78 is 0. The molecule has 7 heteroatoms. The topological polar surface area (TPSA) is 76.7 Å². The van der Waals surface area contributed by atoms with Crippen LogP contribution in [0.2, 0.25) is 0 Å². The number of nitrogens with one attached hydrogen (secondary N) is 1. The lowest BCUT2D eigenvalue weighted by molar-refractivity contribution is 0.788. The van der Waals surface area contributed by atoms with Crippen LogP contribution in [0.15, 0.2) is 22.8 Å². The van der Waals surface area contributed by atoms with Gasteiger partial charge in [0.05, 0.1) is 5.01 Å². The first-order valence-electron chi connectivity index (χ1n) is 5.51. The summed E-state index contributed by atoms with van der Waals surface area (Å²) in [6, 6.07) is 1.74. The molecule has 1 atom stereocenters. The van der Waals surface area contributed by atoms with Crippen LogP contribution in [-0.4, -0.2) is 27.8 Å². The van der Waals surface area contributed by atoms with Gasteiger partial charge in [-0.25, -0.2) is 15.0 Å². The summed E-state index contributed by atoms with van der Waals surface area (Å²) in [6.07, 6.45) is 3.75. The molecule has 3 N–H and O–H groups in total. The first-order chi connectivity index (χ1) is 8.69. The van der Waals surface area contributed by atoms with Crippen LogP contribution in [0.1, 0.15) is 17.8 Å². The summed E-state index contributed by atoms with van der Waals surface area (Å²) in [6.45, 7) is 2.91. The van der Waals surface area contributed by atoms with Crippen LogP contribution in [0, 0.1) is 0 Å². The molecule has 0 radical (unpaired) electrons. The lowest BCUT2D eigenvalue weighted by Crippen LogP contribution is -2.11. The van der Waals surface area contributed by atoms with E-state index in [0.29, 0.717) is 16.9 Å². The van der Waals surface area contributed by atoms with Gasteiger partial charge in [0.2, 0.25) is 0 Å². The number of nitrogens with zero attached hydrogens (tertiary/aromatic N) is 3. The van der Waals surface area contributed by atoms with E-state index in [4.69, 9.17) is 5.73 Å². The van der Waals surface area contributed by atoms with Gasteiger partial charge in [-0.05, 0) is 6.26 Å². The molecule has 96 valence electrons. The SMILES string of the molecule is CSc1nc(N)cc(NCC(C)c2nccs2)n1. The second-order valence-corrected chi connectivity index (χ2v) is 5.52. The largest absolute Gasteiger partial charge is 0.383 e. The average Bonchev–Trinajstić information content (AvgIpc) is 2.89. The minimum atomic E-state index is 0.346. The van der Waals surface area contributed by atoms with Gasteiger partial charge in [-0.1, -0.05) is 18.7 Å². The molecule has 2 rings (SSSR count). The molecule has 2 heterocycles. The van der Waals surface area contributed by atoms with Gasteiger partial charge < -0.3 is 11.1 Å². The Balaban J connectivity index is 1.99. The molecule has 0 bridgehead atoms. The Morgan fingerprint density at radius 3 is 3.00 bits per heavy atom. The van der Waals surface area contributed by atoms with Crippen molar-refractivity contribution >= 4 is 34.7 Å². The molecule has 0 spiro atoms. The molecule has 0 saturated carbocycles. The van der Waals surface area contributed by atoms with E-state index in [9.17, 15) is 0 Å². The third-order valence-electron chi connectivity index (χ3n) is 2.37. The Labute approximate surface area is 114 Å². The summed E-state index contributed by atoms with van der Waals surface area (Å²) in [4.78, 5) is 12.8. The van der Waals surface area contributed by atoms with Crippen LogP contribution in [0.5, 0.6) is 0 Å². The van der Waals surface area contributed by atoms with Crippen molar-refractivity contribution in [2.75, 3.05) is 23.9 Å². The molecule has 1 unspecified atom stereocenters. The number of hydrogen-bond donors (Lipinski definition) is 2. The third kappa shape index (κ3) is 3.33. The van der Waals surface area contributed by atoms with Crippen LogP contribution in [-0.2, 0) is 0 Å². The highest BCUT2D eigenvalue weighted by atomic mass is 32.2. The van der Waals surface area contributed by atoms with E-state index in [-0.39, 0.29) is 0 Å². The zero-order chi connectivity index (χ0) is 13.0. The fraction of sp³-hybridized carbons (Fsp3) is 0.364. The van der Waals surface area contributed by atoms with E-state index in [2.05, 4.69) is 27.2 Å². The zero-order valence-electron chi connectivity index (χ0n) is 10.3. The van der Waals surface area contributed by atoms with Gasteiger partial charge in [0.1, 0.15) is 11.6 Å². The van der Waals surface area contributed by atoms with Gasteiger partial charge >= 0.3 is 0 Å². The highest BCUT2D eigenvalue weighted by molar-refractivity contribution is 7.98. The summed E-state index contributed by atoms with van der Waals surface area (Å²) in [5, 5.41) is 7.06. The first-order valence-corrected chi connectivity index (χ1v) is 7.61. The number of hydrogen-bond acceptors (Lipinski definition) is 7. The molecule has 0 aliphatic rings. The van der Waals surface area contributed by atoms with Crippen molar-refractivity contribution in [2.45, 2.75) is 18.0 Å². The molecule has 0 amide bonds. The van der Waals surface area contributed by atoms with Crippen molar-refractivity contribution in [3.8, 4) is 0 Å². The highest BCUT2D eigenvalue weighted by Crippen LogP contribution is 2.19. The summed E-state index contributed by atoms with van der Waals surface area (Å²) in [5.41, 5.74) is 5.72. The number of aromatic nitrogens is 3. The van der Waals surface area contributed by atoms with Crippen molar-refractivity contribution in [1.82, 2.24) is 15.0 Å². The number of anilines is 2. The molecule has 2 aromatic heterocycles. The molecular weight excluding hydrogens is 266 g/mol. The number of thioether (sulfide) groups is 1. The Hall–Kier alpha value is -1.34. The average molecular weight is 281 g/mol. The van der Waals surface area contributed by atoms with Gasteiger partial charge in [0.15, 0.2) is 5.16 Å². The van der Waals surface area contributed by atoms with E-state index in [1.807, 2.05) is 17.8 Å². The van der Waals surface area contributed by atoms with Crippen LogP contribution >= 0.6 is 23.1 Å². The van der Waals surface area contributed by atoms with Gasteiger partial charge in [-0.3, -0.25) is 0 Å². The van der Waals surface area contributed by atoms with Crippen molar-refractivity contribution in [1.29, 1.82) is 0 Å². The molecule has 18 heavy (non-hydrogen) atoms. The predicted molar refractivity (Wildman–Crippen MR) is 77.2 cm³/mol. The minimum absolute atomic E-state index is 0.346. The highest BCUT2D eigenvalue weighted by Gasteiger charge is 2.09. The normalized spacial score (nSPS) is 12.3. The predicted octanol–water partition coefficient (Wildman–Crippen LogP) is 2.45. The van der Waals surface area contributed by atoms with Gasteiger partial charge in [0.25, 0.3) is 0 Å². The van der Waals surface area contributed by atoms with E-state index in [0.717, 1.165) is 17.4 Å². The molecule has 0 aliphatic carbocycles. The molecule has 5 nitrogen and oxygen atoms in total. The van der Waals surface area contributed by atoms with Gasteiger partial charge in [0, 0.05) is 30.1 Å². The molecular formula is C11H15N5S2. The van der Waals surface area contributed by atoms with E-state index < -0.39 is 0 Å². The molecule has 0 aromatic carbocycles. The zero-order valence-corrected chi connectivity index (χ0v) is 11.9. The van der Waals surface area contributed by atoms with Gasteiger partial charge in [-0.2, -0.15) is 0 Å². The number of nitrogen functional groups attached to an aromatic ring is 1. The van der Waals surface area contributed by atoms with Crippen molar-refractivity contribution in [3.05, 3.63) is 22.7 Å². The second kappa shape index (κ2) is 6.01. The maximum Gasteiger partial charge on any atom is 0.191 e. The van der Waals surface area contributed by atoms with Crippen molar-refractivity contribution in [2.24, 2.45) is 0 Å². The maximum absolute atomic E-state index is 5.72. The van der Waals surface area contributed by atoms with Crippen LogP contribution in [0.4, 0.5) is 11.6 Å². The summed E-state index contributed by atoms with van der Waals surface area (Å²) in [7, 11) is 0. The Morgan fingerprint density at radius 1 is 1.50 bits per heavy atom. The third-order valence-corrected chi connectivity index (χ3v) is 3.93. The lowest BCUT2D eigenvalue weighted by atomic mass is 10.2.